The number of rotatable bonds is 0. The van der Waals surface area contributed by atoms with Crippen LogP contribution in [0.4, 0.5) is 4.79 Å². The molecule has 1 fully saturated rings. The molecule has 0 unspecified atom stereocenters. The maximum atomic E-state index is 11.9. The molecular formula is C12H17NO3. The molecule has 2 heterocycles. The maximum absolute atomic E-state index is 11.9. The summed E-state index contributed by atoms with van der Waals surface area (Å²) < 4.78 is 5.33. The van der Waals surface area contributed by atoms with E-state index in [4.69, 9.17) is 4.74 Å². The molecule has 1 amide bonds. The van der Waals surface area contributed by atoms with Crippen molar-refractivity contribution in [3.05, 3.63) is 12.2 Å². The SMILES string of the molecule is CC(C)(C)OC(=O)N1[C@@H]2C=C[C@H]1CC(=O)C2. The zero-order chi connectivity index (χ0) is 11.9. The molecule has 0 N–H and O–H groups in total. The second-order valence-corrected chi connectivity index (χ2v) is 5.35. The Morgan fingerprint density at radius 2 is 1.81 bits per heavy atom. The van der Waals surface area contributed by atoms with Gasteiger partial charge in [-0.2, -0.15) is 0 Å². The maximum Gasteiger partial charge on any atom is 0.411 e. The van der Waals surface area contributed by atoms with Crippen molar-refractivity contribution in [2.75, 3.05) is 0 Å². The number of piperidine rings is 1. The number of hydrogen-bond acceptors (Lipinski definition) is 3. The third-order valence-corrected chi connectivity index (χ3v) is 2.75. The molecule has 88 valence electrons. The lowest BCUT2D eigenvalue weighted by Crippen LogP contribution is -2.49. The van der Waals surface area contributed by atoms with Crippen LogP contribution in [0.25, 0.3) is 0 Å². The fourth-order valence-corrected chi connectivity index (χ4v) is 2.16. The van der Waals surface area contributed by atoms with Crippen LogP contribution in [0.3, 0.4) is 0 Å². The van der Waals surface area contributed by atoms with Gasteiger partial charge in [-0.3, -0.25) is 9.69 Å². The zero-order valence-electron chi connectivity index (χ0n) is 9.90. The Kier molecular flexibility index (Phi) is 2.52. The molecule has 4 nitrogen and oxygen atoms in total. The van der Waals surface area contributed by atoms with Crippen LogP contribution >= 0.6 is 0 Å². The number of fused-ring (bicyclic) bond motifs is 2. The number of amides is 1. The van der Waals surface area contributed by atoms with E-state index in [2.05, 4.69) is 0 Å². The molecule has 0 saturated carbocycles. The molecule has 1 saturated heterocycles. The Morgan fingerprint density at radius 1 is 1.31 bits per heavy atom. The molecule has 0 aromatic carbocycles. The number of carbonyl (C=O) groups is 2. The minimum Gasteiger partial charge on any atom is -0.444 e. The van der Waals surface area contributed by atoms with Crippen LogP contribution in [0, 0.1) is 0 Å². The van der Waals surface area contributed by atoms with Crippen LogP contribution < -0.4 is 0 Å². The summed E-state index contributed by atoms with van der Waals surface area (Å²) in [6.45, 7) is 5.53. The molecule has 0 radical (unpaired) electrons. The standard InChI is InChI=1S/C12H17NO3/c1-12(2,3)16-11(15)13-8-4-5-9(13)7-10(14)6-8/h4-5,8-9H,6-7H2,1-3H3/t8-,9+. The first-order valence-electron chi connectivity index (χ1n) is 5.58. The van der Waals surface area contributed by atoms with E-state index in [-0.39, 0.29) is 24.0 Å². The summed E-state index contributed by atoms with van der Waals surface area (Å²) in [7, 11) is 0. The highest BCUT2D eigenvalue weighted by Gasteiger charge is 2.41. The highest BCUT2D eigenvalue weighted by Crippen LogP contribution is 2.29. The second kappa shape index (κ2) is 3.61. The summed E-state index contributed by atoms with van der Waals surface area (Å²) in [6.07, 6.45) is 4.39. The minimum absolute atomic E-state index is 0.0962. The Labute approximate surface area is 95.2 Å². The van der Waals surface area contributed by atoms with Crippen molar-refractivity contribution < 1.29 is 14.3 Å². The van der Waals surface area contributed by atoms with Crippen molar-refractivity contribution >= 4 is 11.9 Å². The monoisotopic (exact) mass is 223 g/mol. The highest BCUT2D eigenvalue weighted by atomic mass is 16.6. The normalized spacial score (nSPS) is 28.4. The van der Waals surface area contributed by atoms with Gasteiger partial charge in [-0.05, 0) is 20.8 Å². The van der Waals surface area contributed by atoms with Crippen LogP contribution in [0.2, 0.25) is 0 Å². The van der Waals surface area contributed by atoms with Crippen molar-refractivity contribution in [3.63, 3.8) is 0 Å². The topological polar surface area (TPSA) is 46.6 Å². The Balaban J connectivity index is 2.07. The van der Waals surface area contributed by atoms with Crippen molar-refractivity contribution in [3.8, 4) is 0 Å². The van der Waals surface area contributed by atoms with Crippen molar-refractivity contribution in [2.45, 2.75) is 51.3 Å². The van der Waals surface area contributed by atoms with Gasteiger partial charge in [-0.1, -0.05) is 12.2 Å². The number of carbonyl (C=O) groups excluding carboxylic acids is 2. The predicted molar refractivity (Wildman–Crippen MR) is 59.0 cm³/mol. The van der Waals surface area contributed by atoms with E-state index in [1.807, 2.05) is 32.9 Å². The number of ether oxygens (including phenoxy) is 1. The molecule has 0 spiro atoms. The van der Waals surface area contributed by atoms with E-state index in [9.17, 15) is 9.59 Å². The van der Waals surface area contributed by atoms with Gasteiger partial charge in [0.15, 0.2) is 0 Å². The smallest absolute Gasteiger partial charge is 0.411 e. The highest BCUT2D eigenvalue weighted by molar-refractivity contribution is 5.85. The third kappa shape index (κ3) is 2.10. The molecule has 2 aliphatic heterocycles. The largest absolute Gasteiger partial charge is 0.444 e. The lowest BCUT2D eigenvalue weighted by atomic mass is 10.0. The lowest BCUT2D eigenvalue weighted by Gasteiger charge is -2.35. The molecule has 0 aromatic heterocycles. The third-order valence-electron chi connectivity index (χ3n) is 2.75. The Bertz CT molecular complexity index is 336. The van der Waals surface area contributed by atoms with Crippen LogP contribution in [-0.4, -0.2) is 34.5 Å². The number of Topliss-reactive ketones (excluding diaryl/α,β-unsaturated/α-hetero) is 1. The summed E-state index contributed by atoms with van der Waals surface area (Å²) in [5.74, 6) is 0.222. The Hall–Kier alpha value is -1.32. The van der Waals surface area contributed by atoms with E-state index in [1.54, 1.807) is 4.90 Å². The molecule has 0 aliphatic carbocycles. The van der Waals surface area contributed by atoms with Gasteiger partial charge < -0.3 is 4.74 Å². The fraction of sp³-hybridized carbons (Fsp3) is 0.667. The molecule has 2 atom stereocenters. The van der Waals surface area contributed by atoms with Gasteiger partial charge >= 0.3 is 6.09 Å². The van der Waals surface area contributed by atoms with Gasteiger partial charge in [-0.25, -0.2) is 4.79 Å². The van der Waals surface area contributed by atoms with E-state index in [0.29, 0.717) is 12.8 Å². The van der Waals surface area contributed by atoms with Gasteiger partial charge in [0, 0.05) is 12.8 Å². The van der Waals surface area contributed by atoms with Crippen LogP contribution in [0.1, 0.15) is 33.6 Å². The summed E-state index contributed by atoms with van der Waals surface area (Å²) in [5.41, 5.74) is -0.488. The lowest BCUT2D eigenvalue weighted by molar-refractivity contribution is -0.122. The predicted octanol–water partition coefficient (Wildman–Crippen LogP) is 1.89. The molecule has 0 aromatic rings. The van der Waals surface area contributed by atoms with Crippen molar-refractivity contribution in [1.29, 1.82) is 0 Å². The zero-order valence-corrected chi connectivity index (χ0v) is 9.90. The first kappa shape index (κ1) is 11.2. The summed E-state index contributed by atoms with van der Waals surface area (Å²) in [4.78, 5) is 25.0. The summed E-state index contributed by atoms with van der Waals surface area (Å²) >= 11 is 0. The van der Waals surface area contributed by atoms with Gasteiger partial charge in [0.05, 0.1) is 12.1 Å². The number of nitrogens with zero attached hydrogens (tertiary/aromatic N) is 1. The summed E-state index contributed by atoms with van der Waals surface area (Å²) in [5, 5.41) is 0. The van der Waals surface area contributed by atoms with E-state index < -0.39 is 5.60 Å². The van der Waals surface area contributed by atoms with Crippen LogP contribution in [0.5, 0.6) is 0 Å². The first-order chi connectivity index (χ1) is 7.37. The average Bonchev–Trinajstić information content (AvgIpc) is 2.36. The first-order valence-corrected chi connectivity index (χ1v) is 5.58. The van der Waals surface area contributed by atoms with Gasteiger partial charge in [0.2, 0.25) is 0 Å². The van der Waals surface area contributed by atoms with Gasteiger partial charge in [-0.15, -0.1) is 0 Å². The molecule has 2 aliphatic rings. The van der Waals surface area contributed by atoms with Crippen molar-refractivity contribution in [1.82, 2.24) is 4.90 Å². The van der Waals surface area contributed by atoms with Crippen LogP contribution in [-0.2, 0) is 9.53 Å². The van der Waals surface area contributed by atoms with Gasteiger partial charge in [0.1, 0.15) is 11.4 Å². The van der Waals surface area contributed by atoms with Gasteiger partial charge in [0.25, 0.3) is 0 Å². The van der Waals surface area contributed by atoms with Crippen molar-refractivity contribution in [2.24, 2.45) is 0 Å². The minimum atomic E-state index is -0.488. The molecular weight excluding hydrogens is 206 g/mol. The van der Waals surface area contributed by atoms with E-state index in [0.717, 1.165) is 0 Å². The average molecular weight is 223 g/mol. The number of ketones is 1. The number of hydrogen-bond donors (Lipinski definition) is 0. The quantitative estimate of drug-likeness (QED) is 0.589. The van der Waals surface area contributed by atoms with E-state index >= 15 is 0 Å². The second-order valence-electron chi connectivity index (χ2n) is 5.35. The van der Waals surface area contributed by atoms with Crippen LogP contribution in [0.15, 0.2) is 12.2 Å². The Morgan fingerprint density at radius 3 is 2.25 bits per heavy atom. The molecule has 2 bridgehead atoms. The fourth-order valence-electron chi connectivity index (χ4n) is 2.16. The molecule has 2 rings (SSSR count). The molecule has 16 heavy (non-hydrogen) atoms. The van der Waals surface area contributed by atoms with E-state index in [1.165, 1.54) is 0 Å². The molecule has 4 heteroatoms. The summed E-state index contributed by atoms with van der Waals surface area (Å²) in [6, 6.07) is -0.192.